The molecule has 0 unspecified atom stereocenters. The molecule has 13 heteroatoms. The molecule has 1 aliphatic rings. The Morgan fingerprint density at radius 2 is 1.92 bits per heavy atom. The number of halogens is 5. The molecular formula is C23H19F5N4O4. The lowest BCUT2D eigenvalue weighted by Crippen LogP contribution is -2.54. The van der Waals surface area contributed by atoms with Crippen molar-refractivity contribution >= 4 is 5.91 Å². The van der Waals surface area contributed by atoms with Crippen LogP contribution in [0.1, 0.15) is 29.6 Å². The molecule has 0 aliphatic heterocycles. The lowest BCUT2D eigenvalue weighted by molar-refractivity contribution is -0.274. The number of benzene rings is 1. The minimum atomic E-state index is -4.89. The van der Waals surface area contributed by atoms with E-state index < -0.39 is 53.6 Å². The van der Waals surface area contributed by atoms with Gasteiger partial charge in [0.05, 0.1) is 23.6 Å². The van der Waals surface area contributed by atoms with Gasteiger partial charge in [-0.05, 0) is 55.3 Å². The molecule has 2 N–H and O–H groups in total. The van der Waals surface area contributed by atoms with Gasteiger partial charge in [0.25, 0.3) is 17.4 Å². The maximum atomic E-state index is 13.9. The first-order chi connectivity index (χ1) is 16.9. The second kappa shape index (κ2) is 9.64. The molecule has 2 heterocycles. The highest BCUT2D eigenvalue weighted by Crippen LogP contribution is 2.34. The topological polar surface area (TPSA) is 106 Å². The van der Waals surface area contributed by atoms with Crippen LogP contribution in [-0.4, -0.2) is 50.2 Å². The van der Waals surface area contributed by atoms with E-state index in [0.29, 0.717) is 0 Å². The van der Waals surface area contributed by atoms with Crippen molar-refractivity contribution in [3.05, 3.63) is 70.8 Å². The minimum Gasteiger partial charge on any atom is -0.406 e. The first-order valence-electron chi connectivity index (χ1n) is 10.7. The van der Waals surface area contributed by atoms with E-state index in [0.717, 1.165) is 22.9 Å². The van der Waals surface area contributed by atoms with Crippen molar-refractivity contribution in [2.75, 3.05) is 0 Å². The summed E-state index contributed by atoms with van der Waals surface area (Å²) in [6.45, 7) is 0. The Labute approximate surface area is 200 Å². The first-order valence-corrected chi connectivity index (χ1v) is 10.7. The summed E-state index contributed by atoms with van der Waals surface area (Å²) >= 11 is 0. The highest BCUT2D eigenvalue weighted by atomic mass is 19.4. The Bertz CT molecular complexity index is 1300. The molecule has 1 saturated carbocycles. The number of aliphatic hydroxyl groups excluding tert-OH is 1. The van der Waals surface area contributed by atoms with E-state index in [2.05, 4.69) is 20.1 Å². The number of hydrogen-bond donors (Lipinski definition) is 2. The van der Waals surface area contributed by atoms with Gasteiger partial charge in [0.15, 0.2) is 0 Å². The minimum absolute atomic E-state index is 0.0247. The monoisotopic (exact) mass is 510 g/mol. The Balaban J connectivity index is 1.73. The van der Waals surface area contributed by atoms with Crippen LogP contribution >= 0.6 is 0 Å². The van der Waals surface area contributed by atoms with Gasteiger partial charge in [0.2, 0.25) is 0 Å². The summed E-state index contributed by atoms with van der Waals surface area (Å²) in [5.41, 5.74) is -0.921. The number of amides is 1. The number of alkyl halides is 5. The van der Waals surface area contributed by atoms with E-state index in [1.165, 1.54) is 36.7 Å². The van der Waals surface area contributed by atoms with Gasteiger partial charge in [0, 0.05) is 18.2 Å². The van der Waals surface area contributed by atoms with Crippen molar-refractivity contribution in [2.45, 2.75) is 43.7 Å². The third kappa shape index (κ3) is 5.51. The van der Waals surface area contributed by atoms with Gasteiger partial charge < -0.3 is 15.2 Å². The molecular weight excluding hydrogens is 491 g/mol. The number of nitrogens with one attached hydrogen (secondary N) is 1. The summed E-state index contributed by atoms with van der Waals surface area (Å²) in [5.74, 6) is -4.90. The molecule has 1 aliphatic carbocycles. The molecule has 1 aromatic carbocycles. The molecule has 36 heavy (non-hydrogen) atoms. The van der Waals surface area contributed by atoms with E-state index in [-0.39, 0.29) is 29.8 Å². The number of carbonyl (C=O) groups is 1. The molecule has 3 aromatic rings. The fourth-order valence-corrected chi connectivity index (χ4v) is 3.83. The van der Waals surface area contributed by atoms with Gasteiger partial charge in [-0.2, -0.15) is 9.78 Å². The summed E-state index contributed by atoms with van der Waals surface area (Å²) in [5, 5.41) is 16.5. The van der Waals surface area contributed by atoms with Gasteiger partial charge in [-0.3, -0.25) is 14.6 Å². The van der Waals surface area contributed by atoms with Gasteiger partial charge in [-0.25, -0.2) is 8.78 Å². The average molecular weight is 510 g/mol. The molecule has 0 bridgehead atoms. The van der Waals surface area contributed by atoms with E-state index >= 15 is 0 Å². The van der Waals surface area contributed by atoms with E-state index in [1.54, 1.807) is 0 Å². The molecule has 0 saturated heterocycles. The number of rotatable bonds is 5. The number of aliphatic hydroxyl groups is 1. The van der Waals surface area contributed by atoms with Crippen LogP contribution in [0.15, 0.2) is 59.7 Å². The van der Waals surface area contributed by atoms with Crippen molar-refractivity contribution in [1.29, 1.82) is 0 Å². The Morgan fingerprint density at radius 3 is 2.56 bits per heavy atom. The number of pyridine rings is 1. The van der Waals surface area contributed by atoms with Gasteiger partial charge in [-0.15, -0.1) is 13.2 Å². The van der Waals surface area contributed by atoms with Crippen LogP contribution in [0.25, 0.3) is 16.9 Å². The van der Waals surface area contributed by atoms with Crippen LogP contribution in [0.3, 0.4) is 0 Å². The molecule has 190 valence electrons. The van der Waals surface area contributed by atoms with Gasteiger partial charge in [-0.1, -0.05) is 0 Å². The third-order valence-electron chi connectivity index (χ3n) is 5.59. The number of hydrogen-bond acceptors (Lipinski definition) is 6. The molecule has 0 radical (unpaired) electrons. The quantitative estimate of drug-likeness (QED) is 0.510. The standard InChI is InChI=1S/C23H19F5N4O4/c24-22(25)9-1-4-17(19(22)33)30-20(34)16-11-18(13-5-7-15(8-6-13)36-23(26,27)28)31-32(21(16)35)14-3-2-10-29-12-14/h2-3,5-8,10-12,17,19,33H,1,4,9H2,(H,30,34)/t17-,19+/m0/s1. The van der Waals surface area contributed by atoms with Crippen molar-refractivity contribution < 1.29 is 36.6 Å². The number of nitrogens with zero attached hydrogens (tertiary/aromatic N) is 3. The average Bonchev–Trinajstić information content (AvgIpc) is 2.82. The Hall–Kier alpha value is -3.87. The second-order valence-electron chi connectivity index (χ2n) is 8.12. The summed E-state index contributed by atoms with van der Waals surface area (Å²) in [7, 11) is 0. The predicted molar refractivity (Wildman–Crippen MR) is 116 cm³/mol. The lowest BCUT2D eigenvalue weighted by atomic mass is 9.89. The molecule has 8 nitrogen and oxygen atoms in total. The molecule has 0 spiro atoms. The fourth-order valence-electron chi connectivity index (χ4n) is 3.83. The van der Waals surface area contributed by atoms with E-state index in [9.17, 15) is 36.6 Å². The Kier molecular flexibility index (Phi) is 6.76. The smallest absolute Gasteiger partial charge is 0.406 e. The molecule has 1 amide bonds. The predicted octanol–water partition coefficient (Wildman–Crippen LogP) is 3.47. The third-order valence-corrected chi connectivity index (χ3v) is 5.59. The van der Waals surface area contributed by atoms with E-state index in [4.69, 9.17) is 0 Å². The maximum Gasteiger partial charge on any atom is 0.573 e. The zero-order valence-corrected chi connectivity index (χ0v) is 18.4. The highest BCUT2D eigenvalue weighted by molar-refractivity contribution is 5.95. The Morgan fingerprint density at radius 1 is 1.19 bits per heavy atom. The zero-order chi connectivity index (χ0) is 26.1. The van der Waals surface area contributed by atoms with Gasteiger partial charge in [0.1, 0.15) is 17.4 Å². The number of ether oxygens (including phenoxy) is 1. The SMILES string of the molecule is O=C(N[C@H]1CCCC(F)(F)[C@@H]1O)c1cc(-c2ccc(OC(F)(F)F)cc2)nn(-c2cccnc2)c1=O. The van der Waals surface area contributed by atoms with Crippen LogP contribution in [0.5, 0.6) is 5.75 Å². The van der Waals surface area contributed by atoms with Crippen LogP contribution in [0.4, 0.5) is 22.0 Å². The van der Waals surface area contributed by atoms with Crippen LogP contribution in [-0.2, 0) is 0 Å². The summed E-state index contributed by atoms with van der Waals surface area (Å²) in [6, 6.07) is 7.36. The van der Waals surface area contributed by atoms with Crippen molar-refractivity contribution in [1.82, 2.24) is 20.1 Å². The van der Waals surface area contributed by atoms with Crippen LogP contribution in [0.2, 0.25) is 0 Å². The molecule has 4 rings (SSSR count). The molecule has 2 atom stereocenters. The van der Waals surface area contributed by atoms with Crippen molar-refractivity contribution in [3.8, 4) is 22.7 Å². The molecule has 1 fully saturated rings. The largest absolute Gasteiger partial charge is 0.573 e. The maximum absolute atomic E-state index is 13.9. The first kappa shape index (κ1) is 25.2. The number of aromatic nitrogens is 3. The van der Waals surface area contributed by atoms with E-state index in [1.807, 2.05) is 0 Å². The van der Waals surface area contributed by atoms with Crippen LogP contribution in [0, 0.1) is 0 Å². The van der Waals surface area contributed by atoms with Crippen molar-refractivity contribution in [2.24, 2.45) is 0 Å². The second-order valence-corrected chi connectivity index (χ2v) is 8.12. The zero-order valence-electron chi connectivity index (χ0n) is 18.4. The van der Waals surface area contributed by atoms with Crippen LogP contribution < -0.4 is 15.6 Å². The lowest BCUT2D eigenvalue weighted by Gasteiger charge is -2.34. The molecule has 2 aromatic heterocycles. The van der Waals surface area contributed by atoms with Gasteiger partial charge >= 0.3 is 6.36 Å². The summed E-state index contributed by atoms with van der Waals surface area (Å²) in [4.78, 5) is 30.0. The fraction of sp³-hybridized carbons (Fsp3) is 0.304. The summed E-state index contributed by atoms with van der Waals surface area (Å²) < 4.78 is 70.0. The van der Waals surface area contributed by atoms with Crippen molar-refractivity contribution in [3.63, 3.8) is 0 Å². The summed E-state index contributed by atoms with van der Waals surface area (Å²) in [6.07, 6.45) is -4.67. The number of carbonyl (C=O) groups excluding carboxylic acids is 1. The highest BCUT2D eigenvalue weighted by Gasteiger charge is 2.46. The normalized spacial score (nSPS) is 19.5.